The van der Waals surface area contributed by atoms with E-state index in [2.05, 4.69) is 5.32 Å². The Kier molecular flexibility index (Phi) is 4.88. The number of fused-ring (bicyclic) bond motifs is 1. The molecule has 0 amide bonds. The first kappa shape index (κ1) is 15.8. The molecular weight excluding hydrogens is 283 g/mol. The number of hydrogen-bond donors (Lipinski definition) is 2. The number of carboxylic acid groups (broad SMARTS) is 1. The molecule has 0 aliphatic heterocycles. The molecular formula is C15H18F3NO2. The van der Waals surface area contributed by atoms with Crippen molar-refractivity contribution in [1.82, 2.24) is 5.32 Å². The fourth-order valence-corrected chi connectivity index (χ4v) is 2.78. The van der Waals surface area contributed by atoms with Crippen molar-refractivity contribution in [1.29, 1.82) is 0 Å². The average molecular weight is 301 g/mol. The van der Waals surface area contributed by atoms with Gasteiger partial charge in [-0.15, -0.1) is 0 Å². The second kappa shape index (κ2) is 6.47. The van der Waals surface area contributed by atoms with Gasteiger partial charge in [0.2, 0.25) is 0 Å². The molecule has 1 aliphatic rings. The minimum Gasteiger partial charge on any atom is -0.480 e. The van der Waals surface area contributed by atoms with Gasteiger partial charge in [0.1, 0.15) is 6.04 Å². The average Bonchev–Trinajstić information content (AvgIpc) is 2.83. The summed E-state index contributed by atoms with van der Waals surface area (Å²) in [6.45, 7) is 1.95. The van der Waals surface area contributed by atoms with E-state index in [0.29, 0.717) is 24.8 Å². The molecule has 21 heavy (non-hydrogen) atoms. The van der Waals surface area contributed by atoms with E-state index in [4.69, 9.17) is 0 Å². The zero-order chi connectivity index (χ0) is 15.6. The summed E-state index contributed by atoms with van der Waals surface area (Å²) >= 11 is 0. The van der Waals surface area contributed by atoms with E-state index in [1.165, 1.54) is 0 Å². The minimum atomic E-state index is -1.50. The molecule has 0 saturated heterocycles. The van der Waals surface area contributed by atoms with Crippen molar-refractivity contribution in [2.75, 3.05) is 0 Å². The third kappa shape index (κ3) is 3.20. The van der Waals surface area contributed by atoms with E-state index in [9.17, 15) is 23.1 Å². The maximum absolute atomic E-state index is 13.9. The highest BCUT2D eigenvalue weighted by molar-refractivity contribution is 5.73. The summed E-state index contributed by atoms with van der Waals surface area (Å²) < 4.78 is 40.5. The normalized spacial score (nSPS) is 18.6. The first-order chi connectivity index (χ1) is 9.95. The Morgan fingerprint density at radius 2 is 2.14 bits per heavy atom. The largest absolute Gasteiger partial charge is 0.480 e. The molecule has 0 heterocycles. The number of rotatable bonds is 6. The third-order valence-corrected chi connectivity index (χ3v) is 3.88. The molecule has 2 N–H and O–H groups in total. The summed E-state index contributed by atoms with van der Waals surface area (Å²) in [6.07, 6.45) is 2.83. The highest BCUT2D eigenvalue weighted by atomic mass is 19.2. The summed E-state index contributed by atoms with van der Waals surface area (Å²) in [5.74, 6) is -4.92. The maximum Gasteiger partial charge on any atom is 0.320 e. The first-order valence-corrected chi connectivity index (χ1v) is 7.10. The van der Waals surface area contributed by atoms with E-state index < -0.39 is 35.5 Å². The topological polar surface area (TPSA) is 49.3 Å². The molecule has 0 aromatic heterocycles. The summed E-state index contributed by atoms with van der Waals surface area (Å²) in [6, 6.07) is -0.404. The van der Waals surface area contributed by atoms with Crippen LogP contribution in [-0.2, 0) is 11.2 Å². The smallest absolute Gasteiger partial charge is 0.320 e. The van der Waals surface area contributed by atoms with Gasteiger partial charge in [0.25, 0.3) is 0 Å². The highest BCUT2D eigenvalue weighted by Crippen LogP contribution is 2.35. The summed E-state index contributed by atoms with van der Waals surface area (Å²) in [4.78, 5) is 11.2. The van der Waals surface area contributed by atoms with E-state index in [1.54, 1.807) is 0 Å². The molecule has 0 saturated carbocycles. The molecule has 0 spiro atoms. The van der Waals surface area contributed by atoms with Gasteiger partial charge >= 0.3 is 5.97 Å². The number of carbonyl (C=O) groups is 1. The van der Waals surface area contributed by atoms with Crippen molar-refractivity contribution >= 4 is 5.97 Å². The Morgan fingerprint density at radius 1 is 1.43 bits per heavy atom. The molecule has 1 aromatic rings. The summed E-state index contributed by atoms with van der Waals surface area (Å²) in [7, 11) is 0. The number of halogens is 3. The van der Waals surface area contributed by atoms with Gasteiger partial charge in [-0.2, -0.15) is 0 Å². The van der Waals surface area contributed by atoms with Crippen LogP contribution in [0.15, 0.2) is 6.07 Å². The minimum absolute atomic E-state index is 0.0663. The number of benzene rings is 1. The fourth-order valence-electron chi connectivity index (χ4n) is 2.78. The Balaban J connectivity index is 2.22. The molecule has 2 unspecified atom stereocenters. The van der Waals surface area contributed by atoms with Gasteiger partial charge in [-0.1, -0.05) is 19.8 Å². The van der Waals surface area contributed by atoms with Crippen molar-refractivity contribution in [2.24, 2.45) is 0 Å². The van der Waals surface area contributed by atoms with Gasteiger partial charge in [-0.05, 0) is 30.9 Å². The SMILES string of the molecule is CCCCC(NC1CCc2cc(F)c(F)c(F)c21)C(=O)O. The number of aryl methyl sites for hydroxylation is 1. The van der Waals surface area contributed by atoms with Crippen molar-refractivity contribution in [2.45, 2.75) is 51.1 Å². The quantitative estimate of drug-likeness (QED) is 0.792. The third-order valence-electron chi connectivity index (χ3n) is 3.88. The summed E-state index contributed by atoms with van der Waals surface area (Å²) in [5.41, 5.74) is 0.472. The Labute approximate surface area is 121 Å². The molecule has 116 valence electrons. The van der Waals surface area contributed by atoms with Crippen LogP contribution in [0.4, 0.5) is 13.2 Å². The van der Waals surface area contributed by atoms with Crippen LogP contribution in [0.5, 0.6) is 0 Å². The lowest BCUT2D eigenvalue weighted by molar-refractivity contribution is -0.140. The van der Waals surface area contributed by atoms with Crippen LogP contribution >= 0.6 is 0 Å². The molecule has 0 radical (unpaired) electrons. The fraction of sp³-hybridized carbons (Fsp3) is 0.533. The van der Waals surface area contributed by atoms with Crippen LogP contribution in [0.2, 0.25) is 0 Å². The molecule has 0 fully saturated rings. The monoisotopic (exact) mass is 301 g/mol. The highest BCUT2D eigenvalue weighted by Gasteiger charge is 2.32. The zero-order valence-corrected chi connectivity index (χ0v) is 11.8. The van der Waals surface area contributed by atoms with Crippen LogP contribution in [0.25, 0.3) is 0 Å². The number of unbranched alkanes of at least 4 members (excludes halogenated alkanes) is 1. The van der Waals surface area contributed by atoms with Crippen molar-refractivity contribution in [3.05, 3.63) is 34.6 Å². The maximum atomic E-state index is 13.9. The van der Waals surface area contributed by atoms with Crippen LogP contribution in [0.3, 0.4) is 0 Å². The molecule has 0 bridgehead atoms. The summed E-state index contributed by atoms with van der Waals surface area (Å²) in [5, 5.41) is 12.1. The Bertz CT molecular complexity index is 548. The lowest BCUT2D eigenvalue weighted by Gasteiger charge is -2.21. The van der Waals surface area contributed by atoms with Crippen LogP contribution in [0.1, 0.15) is 49.8 Å². The van der Waals surface area contributed by atoms with E-state index >= 15 is 0 Å². The van der Waals surface area contributed by atoms with Gasteiger partial charge in [0.05, 0.1) is 0 Å². The van der Waals surface area contributed by atoms with E-state index in [0.717, 1.165) is 18.9 Å². The second-order valence-corrected chi connectivity index (χ2v) is 5.35. The number of carboxylic acids is 1. The van der Waals surface area contributed by atoms with Gasteiger partial charge in [-0.25, -0.2) is 13.2 Å². The lowest BCUT2D eigenvalue weighted by Crippen LogP contribution is -2.38. The molecule has 1 aliphatic carbocycles. The van der Waals surface area contributed by atoms with E-state index in [-0.39, 0.29) is 5.56 Å². The first-order valence-electron chi connectivity index (χ1n) is 7.10. The van der Waals surface area contributed by atoms with Crippen LogP contribution < -0.4 is 5.32 Å². The van der Waals surface area contributed by atoms with Gasteiger partial charge < -0.3 is 5.11 Å². The van der Waals surface area contributed by atoms with Crippen molar-refractivity contribution < 1.29 is 23.1 Å². The Hall–Kier alpha value is -1.56. The number of hydrogen-bond acceptors (Lipinski definition) is 2. The molecule has 6 heteroatoms. The predicted octanol–water partition coefficient (Wildman–Crippen LogP) is 3.32. The zero-order valence-electron chi connectivity index (χ0n) is 11.8. The standard InChI is InChI=1S/C15H18F3NO2/c1-2-3-4-11(15(20)21)19-10-6-5-8-7-9(16)13(17)14(18)12(8)10/h7,10-11,19H,2-6H2,1H3,(H,20,21). The van der Waals surface area contributed by atoms with Crippen LogP contribution in [0, 0.1) is 17.5 Å². The second-order valence-electron chi connectivity index (χ2n) is 5.35. The van der Waals surface area contributed by atoms with Gasteiger partial charge in [-0.3, -0.25) is 10.1 Å². The Morgan fingerprint density at radius 3 is 2.76 bits per heavy atom. The molecule has 2 rings (SSSR count). The number of aliphatic carboxylic acids is 1. The van der Waals surface area contributed by atoms with Crippen LogP contribution in [-0.4, -0.2) is 17.1 Å². The van der Waals surface area contributed by atoms with E-state index in [1.807, 2.05) is 6.92 Å². The van der Waals surface area contributed by atoms with Crippen molar-refractivity contribution in [3.63, 3.8) is 0 Å². The molecule has 1 aromatic carbocycles. The molecule has 2 atom stereocenters. The predicted molar refractivity (Wildman–Crippen MR) is 71.5 cm³/mol. The van der Waals surface area contributed by atoms with Gasteiger partial charge in [0.15, 0.2) is 17.5 Å². The van der Waals surface area contributed by atoms with Gasteiger partial charge in [0, 0.05) is 11.6 Å². The molecule has 3 nitrogen and oxygen atoms in total. The lowest BCUT2D eigenvalue weighted by atomic mass is 10.0. The van der Waals surface area contributed by atoms with Crippen molar-refractivity contribution in [3.8, 4) is 0 Å². The number of nitrogens with one attached hydrogen (secondary N) is 1.